The largest absolute Gasteiger partial charge is 0.299 e. The summed E-state index contributed by atoms with van der Waals surface area (Å²) < 4.78 is 0. The third-order valence-corrected chi connectivity index (χ3v) is 2.82. The summed E-state index contributed by atoms with van der Waals surface area (Å²) in [5.74, 6) is 0.571. The monoisotopic (exact) mass is 218 g/mol. The van der Waals surface area contributed by atoms with Crippen molar-refractivity contribution in [3.8, 4) is 11.4 Å². The molecule has 0 bridgehead atoms. The van der Waals surface area contributed by atoms with Gasteiger partial charge in [-0.15, -0.1) is 0 Å². The molecule has 0 saturated heterocycles. The molecule has 4 heteroatoms. The molecule has 0 aromatic carbocycles. The van der Waals surface area contributed by atoms with Crippen molar-refractivity contribution in [2.45, 2.75) is 12.1 Å². The molecule has 3 nitrogen and oxygen atoms in total. The zero-order valence-electron chi connectivity index (χ0n) is 8.30. The van der Waals surface area contributed by atoms with Gasteiger partial charge < -0.3 is 0 Å². The van der Waals surface area contributed by atoms with Crippen LogP contribution in [0.25, 0.3) is 11.4 Å². The van der Waals surface area contributed by atoms with Gasteiger partial charge in [0.25, 0.3) is 0 Å². The molecule has 0 radical (unpaired) electrons. The highest BCUT2D eigenvalue weighted by molar-refractivity contribution is 7.99. The first-order valence-corrected chi connectivity index (χ1v) is 5.59. The van der Waals surface area contributed by atoms with E-state index in [1.165, 1.54) is 11.8 Å². The number of aromatic nitrogens is 2. The highest BCUT2D eigenvalue weighted by Crippen LogP contribution is 2.22. The van der Waals surface area contributed by atoms with Crippen LogP contribution >= 0.6 is 11.8 Å². The van der Waals surface area contributed by atoms with Crippen LogP contribution < -0.4 is 0 Å². The van der Waals surface area contributed by atoms with Crippen molar-refractivity contribution in [2.75, 3.05) is 5.75 Å². The molecule has 1 heterocycles. The lowest BCUT2D eigenvalue weighted by atomic mass is 10.3. The van der Waals surface area contributed by atoms with E-state index in [2.05, 4.69) is 9.97 Å². The molecule has 0 atom stereocenters. The van der Waals surface area contributed by atoms with Gasteiger partial charge in [0, 0.05) is 0 Å². The van der Waals surface area contributed by atoms with Gasteiger partial charge in [0.15, 0.2) is 5.16 Å². The lowest BCUT2D eigenvalue weighted by Crippen LogP contribution is -1.93. The molecule has 1 aliphatic carbocycles. The van der Waals surface area contributed by atoms with Gasteiger partial charge in [-0.05, 0) is 19.1 Å². The van der Waals surface area contributed by atoms with Crippen LogP contribution in [0.4, 0.5) is 0 Å². The highest BCUT2D eigenvalue weighted by Gasteiger charge is 2.09. The van der Waals surface area contributed by atoms with E-state index in [0.29, 0.717) is 10.9 Å². The van der Waals surface area contributed by atoms with Gasteiger partial charge in [0.05, 0.1) is 17.1 Å². The van der Waals surface area contributed by atoms with E-state index in [0.717, 1.165) is 11.4 Å². The third kappa shape index (κ3) is 2.53. The topological polar surface area (TPSA) is 42.9 Å². The van der Waals surface area contributed by atoms with E-state index in [-0.39, 0.29) is 5.78 Å². The molecule has 0 spiro atoms. The van der Waals surface area contributed by atoms with Crippen LogP contribution in [0.3, 0.4) is 0 Å². The highest BCUT2D eigenvalue weighted by atomic mass is 32.2. The SMILES string of the molecule is CC(=O)CSc1nc2cccccc-2n1. The number of fused-ring (bicyclic) bond motifs is 1. The fraction of sp³-hybridized carbons (Fsp3) is 0.182. The quantitative estimate of drug-likeness (QED) is 0.741. The molecule has 0 aromatic heterocycles. The summed E-state index contributed by atoms with van der Waals surface area (Å²) in [5, 5.41) is 0.673. The summed E-state index contributed by atoms with van der Waals surface area (Å²) in [5.41, 5.74) is 1.73. The molecule has 1 aliphatic heterocycles. The van der Waals surface area contributed by atoms with Crippen molar-refractivity contribution in [3.05, 3.63) is 30.3 Å². The zero-order valence-corrected chi connectivity index (χ0v) is 9.12. The Balaban J connectivity index is 2.24. The molecule has 2 rings (SSSR count). The number of hydrogen-bond donors (Lipinski definition) is 0. The van der Waals surface area contributed by atoms with Crippen LogP contribution in [-0.2, 0) is 4.79 Å². The first-order chi connectivity index (χ1) is 7.25. The Bertz CT molecular complexity index is 428. The average Bonchev–Trinajstić information content (AvgIpc) is 2.46. The standard InChI is InChI=1S/C11H10N2OS/c1-8(14)7-15-11-12-9-5-3-2-4-6-10(9)13-11/h2-6H,7H2,1H3. The Morgan fingerprint density at radius 1 is 1.20 bits per heavy atom. The summed E-state index contributed by atoms with van der Waals surface area (Å²) in [6, 6.07) is 9.62. The molecule has 0 amide bonds. The molecule has 0 saturated carbocycles. The van der Waals surface area contributed by atoms with Crippen molar-refractivity contribution in [3.63, 3.8) is 0 Å². The number of ketones is 1. The first-order valence-electron chi connectivity index (χ1n) is 4.61. The van der Waals surface area contributed by atoms with Crippen LogP contribution in [0.1, 0.15) is 6.92 Å². The molecule has 76 valence electrons. The van der Waals surface area contributed by atoms with Crippen LogP contribution in [0.15, 0.2) is 35.5 Å². The van der Waals surface area contributed by atoms with Crippen LogP contribution in [0.5, 0.6) is 0 Å². The fourth-order valence-corrected chi connectivity index (χ4v) is 1.84. The van der Waals surface area contributed by atoms with Gasteiger partial charge in [0.1, 0.15) is 5.78 Å². The van der Waals surface area contributed by atoms with E-state index in [1.54, 1.807) is 6.92 Å². The second kappa shape index (κ2) is 4.40. The Morgan fingerprint density at radius 2 is 1.80 bits per heavy atom. The molecule has 0 aromatic rings. The normalized spacial score (nSPS) is 10.5. The lowest BCUT2D eigenvalue weighted by molar-refractivity contribution is -0.114. The molecule has 0 fully saturated rings. The van der Waals surface area contributed by atoms with E-state index in [9.17, 15) is 4.79 Å². The number of carbonyl (C=O) groups is 1. The average molecular weight is 218 g/mol. The summed E-state index contributed by atoms with van der Waals surface area (Å²) in [6.45, 7) is 1.57. The summed E-state index contributed by atoms with van der Waals surface area (Å²) in [4.78, 5) is 19.5. The van der Waals surface area contributed by atoms with Crippen LogP contribution in [-0.4, -0.2) is 21.5 Å². The molecular weight excluding hydrogens is 208 g/mol. The van der Waals surface area contributed by atoms with Crippen molar-refractivity contribution in [1.29, 1.82) is 0 Å². The van der Waals surface area contributed by atoms with Gasteiger partial charge >= 0.3 is 0 Å². The third-order valence-electron chi connectivity index (χ3n) is 1.83. The Hall–Kier alpha value is -1.42. The van der Waals surface area contributed by atoms with Gasteiger partial charge in [0.2, 0.25) is 0 Å². The molecule has 2 aliphatic rings. The predicted octanol–water partition coefficient (Wildman–Crippen LogP) is 2.26. The van der Waals surface area contributed by atoms with E-state index < -0.39 is 0 Å². The second-order valence-electron chi connectivity index (χ2n) is 3.18. The zero-order chi connectivity index (χ0) is 10.7. The molecule has 0 unspecified atom stereocenters. The molecule has 0 N–H and O–H groups in total. The van der Waals surface area contributed by atoms with E-state index >= 15 is 0 Å². The summed E-state index contributed by atoms with van der Waals surface area (Å²) in [7, 11) is 0. The predicted molar refractivity (Wildman–Crippen MR) is 60.1 cm³/mol. The fourth-order valence-electron chi connectivity index (χ4n) is 1.18. The number of thioether (sulfide) groups is 1. The van der Waals surface area contributed by atoms with Gasteiger partial charge in [-0.3, -0.25) is 4.79 Å². The van der Waals surface area contributed by atoms with E-state index in [1.807, 2.05) is 30.3 Å². The number of nitrogens with zero attached hydrogens (tertiary/aromatic N) is 2. The van der Waals surface area contributed by atoms with Crippen molar-refractivity contribution in [2.24, 2.45) is 0 Å². The number of rotatable bonds is 3. The number of imidazole rings is 1. The first kappa shape index (κ1) is 10.1. The maximum absolute atomic E-state index is 10.8. The minimum absolute atomic E-state index is 0.138. The summed E-state index contributed by atoms with van der Waals surface area (Å²) >= 11 is 1.38. The van der Waals surface area contributed by atoms with Gasteiger partial charge in [-0.25, -0.2) is 9.97 Å². The minimum atomic E-state index is 0.138. The maximum atomic E-state index is 10.8. The Labute approximate surface area is 92.3 Å². The van der Waals surface area contributed by atoms with Crippen molar-refractivity contribution < 1.29 is 4.79 Å². The molecule has 15 heavy (non-hydrogen) atoms. The smallest absolute Gasteiger partial charge is 0.189 e. The Kier molecular flexibility index (Phi) is 2.97. The Morgan fingerprint density at radius 3 is 2.33 bits per heavy atom. The van der Waals surface area contributed by atoms with Gasteiger partial charge in [-0.1, -0.05) is 30.0 Å². The van der Waals surface area contributed by atoms with Crippen molar-refractivity contribution >= 4 is 17.5 Å². The second-order valence-corrected chi connectivity index (χ2v) is 4.12. The number of hydrogen-bond acceptors (Lipinski definition) is 4. The van der Waals surface area contributed by atoms with Crippen molar-refractivity contribution in [1.82, 2.24) is 9.97 Å². The lowest BCUT2D eigenvalue weighted by Gasteiger charge is -1.88. The molecular formula is C11H10N2OS. The number of carbonyl (C=O) groups excluding carboxylic acids is 1. The summed E-state index contributed by atoms with van der Waals surface area (Å²) in [6.07, 6.45) is 0. The maximum Gasteiger partial charge on any atom is 0.189 e. The minimum Gasteiger partial charge on any atom is -0.299 e. The van der Waals surface area contributed by atoms with E-state index in [4.69, 9.17) is 0 Å². The number of Topliss-reactive ketones (excluding diaryl/α,β-unsaturated/α-hetero) is 1. The van der Waals surface area contributed by atoms with Crippen LogP contribution in [0.2, 0.25) is 0 Å². The van der Waals surface area contributed by atoms with Gasteiger partial charge in [-0.2, -0.15) is 0 Å². The van der Waals surface area contributed by atoms with Crippen LogP contribution in [0, 0.1) is 0 Å².